The van der Waals surface area contributed by atoms with E-state index in [1.54, 1.807) is 0 Å². The Morgan fingerprint density at radius 3 is 2.50 bits per heavy atom. The Bertz CT molecular complexity index is 320. The zero-order valence-corrected chi connectivity index (χ0v) is 9.85. The van der Waals surface area contributed by atoms with Crippen molar-refractivity contribution < 1.29 is 21.1 Å². The van der Waals surface area contributed by atoms with E-state index in [2.05, 4.69) is 15.7 Å². The molecule has 0 unspecified atom stereocenters. The van der Waals surface area contributed by atoms with Gasteiger partial charge in [-0.1, -0.05) is 41.4 Å². The van der Waals surface area contributed by atoms with Gasteiger partial charge in [0.05, 0.1) is 0 Å². The number of rotatable bonds is 1. The minimum Gasteiger partial charge on any atom is -0.311 e. The molecule has 1 aromatic carbocycles. The Hall–Kier alpha value is -0.532. The first-order chi connectivity index (χ1) is 5.47. The molecule has 0 aliphatic rings. The summed E-state index contributed by atoms with van der Waals surface area (Å²) in [6, 6.07) is 9.96. The zero-order chi connectivity index (χ0) is 7.52. The summed E-state index contributed by atoms with van der Waals surface area (Å²) in [7, 11) is 0. The van der Waals surface area contributed by atoms with Crippen LogP contribution in [0.1, 0.15) is 0 Å². The number of hydrogen-bond donors (Lipinski definition) is 0. The quantitative estimate of drug-likeness (QED) is 0.739. The summed E-state index contributed by atoms with van der Waals surface area (Å²) in [5, 5.41) is 8.46. The van der Waals surface area contributed by atoms with E-state index in [9.17, 15) is 0 Å². The molecule has 0 saturated carbocycles. The molecule has 0 radical (unpaired) electrons. The van der Waals surface area contributed by atoms with Gasteiger partial charge < -0.3 is 11.3 Å². The third-order valence-electron chi connectivity index (χ3n) is 1.34. The molecule has 60 valence electrons. The molecule has 2 rings (SSSR count). The van der Waals surface area contributed by atoms with Gasteiger partial charge in [0.25, 0.3) is 0 Å². The van der Waals surface area contributed by atoms with E-state index < -0.39 is 0 Å². The largest absolute Gasteiger partial charge is 0.311 e. The smallest absolute Gasteiger partial charge is 0 e. The van der Waals surface area contributed by atoms with E-state index in [4.69, 9.17) is 0 Å². The van der Waals surface area contributed by atoms with Gasteiger partial charge in [0, 0.05) is 21.1 Å². The van der Waals surface area contributed by atoms with Crippen LogP contribution in [0.5, 0.6) is 0 Å². The van der Waals surface area contributed by atoms with E-state index in [0.29, 0.717) is 0 Å². The van der Waals surface area contributed by atoms with Crippen molar-refractivity contribution in [2.24, 2.45) is 0 Å². The average Bonchev–Trinajstić information content (AvgIpc) is 2.58. The maximum atomic E-state index is 3.90. The van der Waals surface area contributed by atoms with Crippen LogP contribution in [0.2, 0.25) is 0 Å². The van der Waals surface area contributed by atoms with Gasteiger partial charge in [0.2, 0.25) is 0 Å². The molecule has 0 spiro atoms. The average molecular weight is 345 g/mol. The number of benzene rings is 1. The summed E-state index contributed by atoms with van der Waals surface area (Å²) in [5.41, 5.74) is 3.81. The van der Waals surface area contributed by atoms with Crippen LogP contribution < -0.4 is 0 Å². The van der Waals surface area contributed by atoms with Crippen LogP contribution in [-0.2, 0) is 21.1 Å². The van der Waals surface area contributed by atoms with Crippen molar-refractivity contribution >= 4 is 11.3 Å². The molecule has 0 aliphatic heterocycles. The third kappa shape index (κ3) is 1.99. The van der Waals surface area contributed by atoms with E-state index in [1.165, 1.54) is 11.3 Å². The van der Waals surface area contributed by atoms with Crippen LogP contribution in [0.3, 0.4) is 0 Å². The van der Waals surface area contributed by atoms with Crippen molar-refractivity contribution in [1.29, 1.82) is 0 Å². The van der Waals surface area contributed by atoms with Gasteiger partial charge in [-0.05, 0) is 5.01 Å². The first-order valence-electron chi connectivity index (χ1n) is 3.22. The molecule has 0 fully saturated rings. The van der Waals surface area contributed by atoms with E-state index in [1.807, 2.05) is 30.3 Å². The van der Waals surface area contributed by atoms with Crippen molar-refractivity contribution in [3.8, 4) is 10.6 Å². The fraction of sp³-hybridized carbons (Fsp3) is 0. The minimum absolute atomic E-state index is 0. The molecule has 0 saturated heterocycles. The van der Waals surface area contributed by atoms with Crippen molar-refractivity contribution in [2.75, 3.05) is 0 Å². The van der Waals surface area contributed by atoms with Crippen LogP contribution in [0.25, 0.3) is 10.6 Å². The third-order valence-corrected chi connectivity index (χ3v) is 2.03. The minimum atomic E-state index is 0. The first-order valence-corrected chi connectivity index (χ1v) is 4.03. The first kappa shape index (κ1) is 9.56. The molecule has 1 aromatic heterocycles. The molecule has 2 aromatic rings. The maximum absolute atomic E-state index is 3.90. The summed E-state index contributed by atoms with van der Waals surface area (Å²) in [6.07, 6.45) is 0. The van der Waals surface area contributed by atoms with E-state index >= 15 is 0 Å². The fourth-order valence-corrected chi connectivity index (χ4v) is 1.35. The fourth-order valence-electron chi connectivity index (χ4n) is 0.847. The Kier molecular flexibility index (Phi) is 3.57. The summed E-state index contributed by atoms with van der Waals surface area (Å²) in [6.45, 7) is 0. The van der Waals surface area contributed by atoms with Crippen LogP contribution in [0.15, 0.2) is 30.3 Å². The second-order valence-corrected chi connectivity index (χ2v) is 2.84. The van der Waals surface area contributed by atoms with Gasteiger partial charge in [-0.2, -0.15) is 0 Å². The standard InChI is InChI=1S/C8H5N2S.W/c1-2-4-7(5-3-1)8-10-9-6-11-8;/h1-5H;/q-1;. The SMILES string of the molecule is [W].[c-]1nnc(-c2ccccc2)s1. The summed E-state index contributed by atoms with van der Waals surface area (Å²) in [4.78, 5) is 0. The Morgan fingerprint density at radius 2 is 1.92 bits per heavy atom. The molecule has 4 heteroatoms. The topological polar surface area (TPSA) is 25.8 Å². The molecule has 0 atom stereocenters. The molecule has 12 heavy (non-hydrogen) atoms. The van der Waals surface area contributed by atoms with Crippen LogP contribution in [-0.4, -0.2) is 10.2 Å². The molecule has 0 N–H and O–H groups in total. The number of hydrogen-bond acceptors (Lipinski definition) is 3. The predicted molar refractivity (Wildman–Crippen MR) is 44.2 cm³/mol. The van der Waals surface area contributed by atoms with Gasteiger partial charge in [0.1, 0.15) is 0 Å². The van der Waals surface area contributed by atoms with Gasteiger partial charge >= 0.3 is 0 Å². The van der Waals surface area contributed by atoms with Crippen LogP contribution in [0.4, 0.5) is 0 Å². The summed E-state index contributed by atoms with van der Waals surface area (Å²) >= 11 is 1.43. The molecular formula is C8H5N2SW-. The van der Waals surface area contributed by atoms with E-state index in [0.717, 1.165) is 10.6 Å². The zero-order valence-electron chi connectivity index (χ0n) is 6.10. The van der Waals surface area contributed by atoms with E-state index in [-0.39, 0.29) is 21.1 Å². The maximum Gasteiger partial charge on any atom is 0 e. The molecule has 2 nitrogen and oxygen atoms in total. The molecule has 0 amide bonds. The number of nitrogens with zero attached hydrogens (tertiary/aromatic N) is 2. The van der Waals surface area contributed by atoms with Crippen molar-refractivity contribution in [3.05, 3.63) is 35.8 Å². The normalized spacial score (nSPS) is 9.00. The Balaban J connectivity index is 0.000000720. The predicted octanol–water partition coefficient (Wildman–Crippen LogP) is 2.00. The second kappa shape index (κ2) is 4.48. The summed E-state index contributed by atoms with van der Waals surface area (Å²) < 4.78 is 0. The Labute approximate surface area is 88.9 Å². The van der Waals surface area contributed by atoms with Crippen molar-refractivity contribution in [2.45, 2.75) is 0 Å². The van der Waals surface area contributed by atoms with Gasteiger partial charge in [-0.3, -0.25) is 10.2 Å². The molecule has 1 heterocycles. The van der Waals surface area contributed by atoms with Crippen LogP contribution >= 0.6 is 11.3 Å². The van der Waals surface area contributed by atoms with Crippen molar-refractivity contribution in [3.63, 3.8) is 0 Å². The van der Waals surface area contributed by atoms with Crippen molar-refractivity contribution in [1.82, 2.24) is 10.2 Å². The molecular weight excluding hydrogens is 340 g/mol. The van der Waals surface area contributed by atoms with Gasteiger partial charge in [0.15, 0.2) is 0 Å². The molecule has 0 aliphatic carbocycles. The summed E-state index contributed by atoms with van der Waals surface area (Å²) in [5.74, 6) is 0. The molecule has 0 bridgehead atoms. The van der Waals surface area contributed by atoms with Gasteiger partial charge in [-0.15, -0.1) is 0 Å². The van der Waals surface area contributed by atoms with Gasteiger partial charge in [-0.25, -0.2) is 0 Å². The second-order valence-electron chi connectivity index (χ2n) is 2.06. The monoisotopic (exact) mass is 345 g/mol. The number of aromatic nitrogens is 2. The Morgan fingerprint density at radius 1 is 1.17 bits per heavy atom. The van der Waals surface area contributed by atoms with Crippen LogP contribution in [0, 0.1) is 5.51 Å².